The first-order valence-corrected chi connectivity index (χ1v) is 6.07. The molecule has 1 atom stereocenters. The molecule has 0 heterocycles. The van der Waals surface area contributed by atoms with E-state index < -0.39 is 18.1 Å². The molecule has 0 radical (unpaired) electrons. The SMILES string of the molecule is CCCCOC(=O)[C@H](C)NC(=O)OCC(C)C. The summed E-state index contributed by atoms with van der Waals surface area (Å²) < 4.78 is 9.85. The Labute approximate surface area is 103 Å². The summed E-state index contributed by atoms with van der Waals surface area (Å²) >= 11 is 0. The summed E-state index contributed by atoms with van der Waals surface area (Å²) in [5.41, 5.74) is 0. The van der Waals surface area contributed by atoms with Gasteiger partial charge in [-0.1, -0.05) is 27.2 Å². The first kappa shape index (κ1) is 15.7. The molecular formula is C12H23NO4. The van der Waals surface area contributed by atoms with Gasteiger partial charge < -0.3 is 14.8 Å². The average molecular weight is 245 g/mol. The van der Waals surface area contributed by atoms with Gasteiger partial charge in [0.2, 0.25) is 0 Å². The van der Waals surface area contributed by atoms with Gasteiger partial charge in [0, 0.05) is 0 Å². The van der Waals surface area contributed by atoms with Crippen LogP contribution in [0.25, 0.3) is 0 Å². The maximum Gasteiger partial charge on any atom is 0.407 e. The zero-order chi connectivity index (χ0) is 13.3. The van der Waals surface area contributed by atoms with E-state index in [0.29, 0.717) is 13.2 Å². The predicted molar refractivity (Wildman–Crippen MR) is 64.7 cm³/mol. The van der Waals surface area contributed by atoms with Gasteiger partial charge in [0.1, 0.15) is 6.04 Å². The molecule has 5 heteroatoms. The van der Waals surface area contributed by atoms with Crippen LogP contribution in [-0.2, 0) is 14.3 Å². The van der Waals surface area contributed by atoms with E-state index in [1.54, 1.807) is 6.92 Å². The predicted octanol–water partition coefficient (Wildman–Crippen LogP) is 2.10. The lowest BCUT2D eigenvalue weighted by Gasteiger charge is -2.14. The standard InChI is InChI=1S/C12H23NO4/c1-5-6-7-16-11(14)10(4)13-12(15)17-8-9(2)3/h9-10H,5-8H2,1-4H3,(H,13,15)/t10-/m0/s1. The van der Waals surface area contributed by atoms with Crippen LogP contribution in [0.15, 0.2) is 0 Å². The molecule has 0 rings (SSSR count). The number of hydrogen-bond acceptors (Lipinski definition) is 4. The fourth-order valence-corrected chi connectivity index (χ4v) is 0.962. The highest BCUT2D eigenvalue weighted by Gasteiger charge is 2.17. The number of ether oxygens (including phenoxy) is 2. The molecule has 1 amide bonds. The van der Waals surface area contributed by atoms with Crippen molar-refractivity contribution >= 4 is 12.1 Å². The van der Waals surface area contributed by atoms with E-state index in [-0.39, 0.29) is 5.92 Å². The number of amides is 1. The van der Waals surface area contributed by atoms with Gasteiger partial charge in [0.05, 0.1) is 13.2 Å². The number of rotatable bonds is 7. The molecule has 0 aliphatic carbocycles. The van der Waals surface area contributed by atoms with Crippen molar-refractivity contribution in [1.82, 2.24) is 5.32 Å². The molecule has 0 aromatic rings. The van der Waals surface area contributed by atoms with Gasteiger partial charge in [0.25, 0.3) is 0 Å². The maximum atomic E-state index is 11.4. The molecule has 0 aromatic carbocycles. The largest absolute Gasteiger partial charge is 0.464 e. The van der Waals surface area contributed by atoms with E-state index in [0.717, 1.165) is 12.8 Å². The Balaban J connectivity index is 3.78. The number of alkyl carbamates (subject to hydrolysis) is 1. The Hall–Kier alpha value is -1.26. The first-order valence-electron chi connectivity index (χ1n) is 6.07. The van der Waals surface area contributed by atoms with E-state index >= 15 is 0 Å². The summed E-state index contributed by atoms with van der Waals surface area (Å²) in [5, 5.41) is 2.43. The van der Waals surface area contributed by atoms with Crippen molar-refractivity contribution < 1.29 is 19.1 Å². The summed E-state index contributed by atoms with van der Waals surface area (Å²) in [6.07, 6.45) is 1.21. The molecule has 0 aliphatic rings. The first-order chi connectivity index (χ1) is 7.97. The minimum Gasteiger partial charge on any atom is -0.464 e. The van der Waals surface area contributed by atoms with Gasteiger partial charge >= 0.3 is 12.1 Å². The van der Waals surface area contributed by atoms with Crippen LogP contribution in [0.2, 0.25) is 0 Å². The minimum absolute atomic E-state index is 0.271. The average Bonchev–Trinajstić information content (AvgIpc) is 2.26. The Morgan fingerprint density at radius 3 is 2.35 bits per heavy atom. The van der Waals surface area contributed by atoms with E-state index in [1.807, 2.05) is 20.8 Å². The third-order valence-electron chi connectivity index (χ3n) is 1.98. The van der Waals surface area contributed by atoms with Crippen molar-refractivity contribution in [3.63, 3.8) is 0 Å². The molecular weight excluding hydrogens is 222 g/mol. The Bertz CT molecular complexity index is 241. The molecule has 100 valence electrons. The summed E-state index contributed by atoms with van der Waals surface area (Å²) in [5.74, 6) is -0.160. The van der Waals surface area contributed by atoms with E-state index in [2.05, 4.69) is 5.32 Å². The summed E-state index contributed by atoms with van der Waals surface area (Å²) in [6.45, 7) is 8.20. The number of carbonyl (C=O) groups excluding carboxylic acids is 2. The van der Waals surface area contributed by atoms with Crippen LogP contribution in [0.4, 0.5) is 4.79 Å². The molecule has 1 N–H and O–H groups in total. The fourth-order valence-electron chi connectivity index (χ4n) is 0.962. The fraction of sp³-hybridized carbons (Fsp3) is 0.833. The lowest BCUT2D eigenvalue weighted by Crippen LogP contribution is -2.40. The maximum absolute atomic E-state index is 11.4. The zero-order valence-electron chi connectivity index (χ0n) is 11.1. The summed E-state index contributed by atoms with van der Waals surface area (Å²) in [4.78, 5) is 22.7. The molecule has 0 saturated heterocycles. The number of carbonyl (C=O) groups is 2. The molecule has 0 fully saturated rings. The normalized spacial score (nSPS) is 12.1. The Kier molecular flexibility index (Phi) is 8.19. The molecule has 0 bridgehead atoms. The second kappa shape index (κ2) is 8.84. The third kappa shape index (κ3) is 8.54. The van der Waals surface area contributed by atoms with Crippen LogP contribution in [0.3, 0.4) is 0 Å². The van der Waals surface area contributed by atoms with Crippen LogP contribution in [0.5, 0.6) is 0 Å². The van der Waals surface area contributed by atoms with Gasteiger partial charge in [0.15, 0.2) is 0 Å². The monoisotopic (exact) mass is 245 g/mol. The Morgan fingerprint density at radius 2 is 1.82 bits per heavy atom. The highest BCUT2D eigenvalue weighted by atomic mass is 16.6. The third-order valence-corrected chi connectivity index (χ3v) is 1.98. The lowest BCUT2D eigenvalue weighted by molar-refractivity contribution is -0.145. The molecule has 0 spiro atoms. The minimum atomic E-state index is -0.675. The van der Waals surface area contributed by atoms with Gasteiger partial charge in [-0.05, 0) is 19.3 Å². The van der Waals surface area contributed by atoms with Crippen molar-refractivity contribution in [3.05, 3.63) is 0 Å². The van der Waals surface area contributed by atoms with Gasteiger partial charge in [-0.3, -0.25) is 0 Å². The highest BCUT2D eigenvalue weighted by molar-refractivity contribution is 5.80. The number of hydrogen-bond donors (Lipinski definition) is 1. The number of unbranched alkanes of at least 4 members (excludes halogenated alkanes) is 1. The lowest BCUT2D eigenvalue weighted by atomic mass is 10.2. The van der Waals surface area contributed by atoms with E-state index in [9.17, 15) is 9.59 Å². The molecule has 5 nitrogen and oxygen atoms in total. The van der Waals surface area contributed by atoms with Crippen LogP contribution in [0.1, 0.15) is 40.5 Å². The highest BCUT2D eigenvalue weighted by Crippen LogP contribution is 1.96. The smallest absolute Gasteiger partial charge is 0.407 e. The van der Waals surface area contributed by atoms with Gasteiger partial charge in [-0.25, -0.2) is 9.59 Å². The number of esters is 1. The molecule has 0 saturated carbocycles. The van der Waals surface area contributed by atoms with Crippen molar-refractivity contribution in [2.45, 2.75) is 46.6 Å². The topological polar surface area (TPSA) is 64.6 Å². The van der Waals surface area contributed by atoms with Crippen LogP contribution >= 0.6 is 0 Å². The summed E-state index contributed by atoms with van der Waals surface area (Å²) in [6, 6.07) is -0.675. The van der Waals surface area contributed by atoms with Crippen molar-refractivity contribution in [1.29, 1.82) is 0 Å². The van der Waals surface area contributed by atoms with Crippen LogP contribution in [0, 0.1) is 5.92 Å². The quantitative estimate of drug-likeness (QED) is 0.551. The van der Waals surface area contributed by atoms with Crippen LogP contribution < -0.4 is 5.32 Å². The molecule has 17 heavy (non-hydrogen) atoms. The van der Waals surface area contributed by atoms with E-state index in [4.69, 9.17) is 9.47 Å². The van der Waals surface area contributed by atoms with Gasteiger partial charge in [-0.2, -0.15) is 0 Å². The molecule has 0 aliphatic heterocycles. The summed E-state index contributed by atoms with van der Waals surface area (Å²) in [7, 11) is 0. The molecule has 0 aromatic heterocycles. The second-order valence-corrected chi connectivity index (χ2v) is 4.38. The van der Waals surface area contributed by atoms with Crippen molar-refractivity contribution in [2.24, 2.45) is 5.92 Å². The number of nitrogens with one attached hydrogen (secondary N) is 1. The van der Waals surface area contributed by atoms with Crippen molar-refractivity contribution in [2.75, 3.05) is 13.2 Å². The van der Waals surface area contributed by atoms with Crippen molar-refractivity contribution in [3.8, 4) is 0 Å². The zero-order valence-corrected chi connectivity index (χ0v) is 11.1. The Morgan fingerprint density at radius 1 is 1.18 bits per heavy atom. The van der Waals surface area contributed by atoms with Gasteiger partial charge in [-0.15, -0.1) is 0 Å². The second-order valence-electron chi connectivity index (χ2n) is 4.38. The molecule has 0 unspecified atom stereocenters. The van der Waals surface area contributed by atoms with E-state index in [1.165, 1.54) is 0 Å². The van der Waals surface area contributed by atoms with Crippen LogP contribution in [-0.4, -0.2) is 31.3 Å².